The summed E-state index contributed by atoms with van der Waals surface area (Å²) in [5.41, 5.74) is 2.69. The number of carbonyl (C=O) groups excluding carboxylic acids is 3. The number of hydrogen-bond donors (Lipinski definition) is 3. The van der Waals surface area contributed by atoms with Crippen LogP contribution in [0.2, 0.25) is 0 Å². The van der Waals surface area contributed by atoms with Crippen LogP contribution in [0.4, 0.5) is 4.79 Å². The van der Waals surface area contributed by atoms with Gasteiger partial charge < -0.3 is 25.4 Å². The van der Waals surface area contributed by atoms with Gasteiger partial charge in [0.05, 0.1) is 0 Å². The van der Waals surface area contributed by atoms with E-state index < -0.39 is 23.8 Å². The second kappa shape index (κ2) is 14.9. The van der Waals surface area contributed by atoms with E-state index >= 15 is 0 Å². The monoisotopic (exact) mass is 567 g/mol. The molecule has 41 heavy (non-hydrogen) atoms. The molecule has 0 aliphatic carbocycles. The lowest BCUT2D eigenvalue weighted by atomic mass is 9.94. The van der Waals surface area contributed by atoms with Crippen molar-refractivity contribution < 1.29 is 24.2 Å². The van der Waals surface area contributed by atoms with Crippen LogP contribution in [0.15, 0.2) is 42.5 Å². The number of carbonyl (C=O) groups is 3. The fourth-order valence-electron chi connectivity index (χ4n) is 4.87. The third-order valence-corrected chi connectivity index (χ3v) is 7.04. The molecule has 0 spiro atoms. The average molecular weight is 568 g/mol. The average Bonchev–Trinajstić information content (AvgIpc) is 2.86. The topological polar surface area (TPSA) is 108 Å². The number of ether oxygens (including phenoxy) is 1. The lowest BCUT2D eigenvalue weighted by Crippen LogP contribution is -2.56. The minimum absolute atomic E-state index is 0.0673. The summed E-state index contributed by atoms with van der Waals surface area (Å²) in [4.78, 5) is 43.1. The highest BCUT2D eigenvalue weighted by molar-refractivity contribution is 5.93. The summed E-state index contributed by atoms with van der Waals surface area (Å²) in [6.07, 6.45) is 1.76. The van der Waals surface area contributed by atoms with Crippen LogP contribution < -0.4 is 10.6 Å². The molecule has 0 aliphatic rings. The molecule has 226 valence electrons. The Labute approximate surface area is 245 Å². The third-order valence-electron chi connectivity index (χ3n) is 7.04. The van der Waals surface area contributed by atoms with Crippen molar-refractivity contribution in [1.82, 2.24) is 15.5 Å². The summed E-state index contributed by atoms with van der Waals surface area (Å²) < 4.78 is 5.51. The zero-order valence-corrected chi connectivity index (χ0v) is 26.2. The van der Waals surface area contributed by atoms with Crippen LogP contribution >= 0.6 is 0 Å². The van der Waals surface area contributed by atoms with Crippen molar-refractivity contribution in [2.75, 3.05) is 0 Å². The second-order valence-corrected chi connectivity index (χ2v) is 12.0. The zero-order valence-electron chi connectivity index (χ0n) is 26.2. The highest BCUT2D eigenvalue weighted by Crippen LogP contribution is 2.30. The first-order chi connectivity index (χ1) is 19.2. The highest BCUT2D eigenvalue weighted by Gasteiger charge is 2.39. The molecule has 0 saturated heterocycles. The van der Waals surface area contributed by atoms with Gasteiger partial charge in [0, 0.05) is 18.5 Å². The Kier molecular flexibility index (Phi) is 12.2. The van der Waals surface area contributed by atoms with Gasteiger partial charge in [0.1, 0.15) is 23.4 Å². The lowest BCUT2D eigenvalue weighted by Gasteiger charge is -2.39. The molecule has 3 amide bonds. The Bertz CT molecular complexity index is 1170. The van der Waals surface area contributed by atoms with Crippen LogP contribution in [0.3, 0.4) is 0 Å². The molecular formula is C33H49N3O5. The van der Waals surface area contributed by atoms with Crippen molar-refractivity contribution in [3.63, 3.8) is 0 Å². The SMILES string of the molecule is CCCC(C)NC(=O)C(c1ccc(C)cc1C)N(C(=O)C(Cc1ccc(O)cc1)NC(=O)OC(C)(C)C)C(C)CC. The summed E-state index contributed by atoms with van der Waals surface area (Å²) in [6, 6.07) is 10.1. The normalized spacial score (nSPS) is 14.4. The molecule has 8 heteroatoms. The van der Waals surface area contributed by atoms with Crippen LogP contribution in [-0.2, 0) is 20.7 Å². The van der Waals surface area contributed by atoms with Crippen LogP contribution in [0.1, 0.15) is 96.0 Å². The molecule has 0 saturated carbocycles. The van der Waals surface area contributed by atoms with Gasteiger partial charge in [-0.2, -0.15) is 0 Å². The maximum atomic E-state index is 14.6. The van der Waals surface area contributed by atoms with Gasteiger partial charge in [0.25, 0.3) is 0 Å². The van der Waals surface area contributed by atoms with Crippen LogP contribution in [0.25, 0.3) is 0 Å². The van der Waals surface area contributed by atoms with Crippen molar-refractivity contribution in [2.24, 2.45) is 0 Å². The van der Waals surface area contributed by atoms with E-state index in [2.05, 4.69) is 17.6 Å². The molecule has 0 bridgehead atoms. The number of aryl methyl sites for hydroxylation is 2. The smallest absolute Gasteiger partial charge is 0.408 e. The van der Waals surface area contributed by atoms with E-state index in [1.54, 1.807) is 37.8 Å². The van der Waals surface area contributed by atoms with Crippen molar-refractivity contribution in [2.45, 2.75) is 118 Å². The number of hydrogen-bond acceptors (Lipinski definition) is 5. The van der Waals surface area contributed by atoms with Gasteiger partial charge in [-0.05, 0) is 90.1 Å². The molecule has 3 N–H and O–H groups in total. The standard InChI is InChI=1S/C33H49N3O5/c1-10-12-23(5)34-30(38)29(27-18-13-21(3)19-22(27)4)36(24(6)11-2)31(39)28(35-32(40)41-33(7,8)9)20-25-14-16-26(37)17-15-25/h13-19,23-24,28-29,37H,10-12,20H2,1-9H3,(H,34,38)(H,35,40). The van der Waals surface area contributed by atoms with E-state index in [9.17, 15) is 19.5 Å². The van der Waals surface area contributed by atoms with Crippen molar-refractivity contribution in [3.8, 4) is 5.75 Å². The van der Waals surface area contributed by atoms with Crippen LogP contribution in [0.5, 0.6) is 5.75 Å². The highest BCUT2D eigenvalue weighted by atomic mass is 16.6. The minimum Gasteiger partial charge on any atom is -0.508 e. The van der Waals surface area contributed by atoms with Gasteiger partial charge in [0.15, 0.2) is 0 Å². The molecule has 4 unspecified atom stereocenters. The molecule has 0 heterocycles. The maximum Gasteiger partial charge on any atom is 0.408 e. The van der Waals surface area contributed by atoms with E-state index in [4.69, 9.17) is 4.74 Å². The Hall–Kier alpha value is -3.55. The Morgan fingerprint density at radius 2 is 1.61 bits per heavy atom. The van der Waals surface area contributed by atoms with E-state index in [0.29, 0.717) is 6.42 Å². The van der Waals surface area contributed by atoms with E-state index in [0.717, 1.165) is 35.1 Å². The molecule has 0 aromatic heterocycles. The first-order valence-electron chi connectivity index (χ1n) is 14.6. The number of phenols is 1. The molecular weight excluding hydrogens is 518 g/mol. The predicted octanol–water partition coefficient (Wildman–Crippen LogP) is 6.12. The number of nitrogens with zero attached hydrogens (tertiary/aromatic N) is 1. The quantitative estimate of drug-likeness (QED) is 0.286. The number of aromatic hydroxyl groups is 1. The molecule has 2 aromatic carbocycles. The summed E-state index contributed by atoms with van der Waals surface area (Å²) in [6.45, 7) is 17.1. The maximum absolute atomic E-state index is 14.6. The van der Waals surface area contributed by atoms with Crippen LogP contribution in [0, 0.1) is 13.8 Å². The number of nitrogens with one attached hydrogen (secondary N) is 2. The Morgan fingerprint density at radius 1 is 0.976 bits per heavy atom. The Balaban J connectivity index is 2.64. The second-order valence-electron chi connectivity index (χ2n) is 12.0. The number of rotatable bonds is 12. The summed E-state index contributed by atoms with van der Waals surface area (Å²) in [7, 11) is 0. The number of amides is 3. The molecule has 8 nitrogen and oxygen atoms in total. The van der Waals surface area contributed by atoms with Gasteiger partial charge in [-0.1, -0.05) is 56.2 Å². The largest absolute Gasteiger partial charge is 0.508 e. The lowest BCUT2D eigenvalue weighted by molar-refractivity contribution is -0.145. The fourth-order valence-corrected chi connectivity index (χ4v) is 4.87. The first-order valence-corrected chi connectivity index (χ1v) is 14.6. The first kappa shape index (κ1) is 33.7. The Morgan fingerprint density at radius 3 is 2.15 bits per heavy atom. The minimum atomic E-state index is -1.02. The van der Waals surface area contributed by atoms with Crippen molar-refractivity contribution in [1.29, 1.82) is 0 Å². The zero-order chi connectivity index (χ0) is 30.9. The van der Waals surface area contributed by atoms with Gasteiger partial charge >= 0.3 is 6.09 Å². The molecule has 0 aliphatic heterocycles. The van der Waals surface area contributed by atoms with Crippen molar-refractivity contribution >= 4 is 17.9 Å². The summed E-state index contributed by atoms with van der Waals surface area (Å²) >= 11 is 0. The molecule has 2 aromatic rings. The van der Waals surface area contributed by atoms with E-state index in [-0.39, 0.29) is 36.1 Å². The summed E-state index contributed by atoms with van der Waals surface area (Å²) in [5, 5.41) is 15.7. The van der Waals surface area contributed by atoms with E-state index in [1.165, 1.54) is 12.1 Å². The van der Waals surface area contributed by atoms with Crippen molar-refractivity contribution in [3.05, 3.63) is 64.7 Å². The van der Waals surface area contributed by atoms with Crippen LogP contribution in [-0.4, -0.2) is 51.6 Å². The molecule has 0 radical (unpaired) electrons. The van der Waals surface area contributed by atoms with Gasteiger partial charge in [-0.25, -0.2) is 4.79 Å². The fraction of sp³-hybridized carbons (Fsp3) is 0.545. The molecule has 4 atom stereocenters. The molecule has 2 rings (SSSR count). The number of phenolic OH excluding ortho intramolecular Hbond substituents is 1. The summed E-state index contributed by atoms with van der Waals surface area (Å²) in [5.74, 6) is -0.542. The number of benzene rings is 2. The predicted molar refractivity (Wildman–Crippen MR) is 163 cm³/mol. The van der Waals surface area contributed by atoms with Gasteiger partial charge in [0.2, 0.25) is 11.8 Å². The van der Waals surface area contributed by atoms with Gasteiger partial charge in [-0.3, -0.25) is 9.59 Å². The molecule has 0 fully saturated rings. The number of alkyl carbamates (subject to hydrolysis) is 1. The third kappa shape index (κ3) is 10.1. The van der Waals surface area contributed by atoms with E-state index in [1.807, 2.05) is 52.8 Å². The van der Waals surface area contributed by atoms with Gasteiger partial charge in [-0.15, -0.1) is 0 Å².